The quantitative estimate of drug-likeness (QED) is 0.369. The van der Waals surface area contributed by atoms with Gasteiger partial charge in [0.1, 0.15) is 0 Å². The summed E-state index contributed by atoms with van der Waals surface area (Å²) in [4.78, 5) is 27.3. The lowest BCUT2D eigenvalue weighted by atomic mass is 10.1. The molecular formula is C26H20ClNO3. The van der Waals surface area contributed by atoms with Crippen LogP contribution < -0.4 is 4.90 Å². The first-order chi connectivity index (χ1) is 15.1. The summed E-state index contributed by atoms with van der Waals surface area (Å²) in [6, 6.07) is 23.9. The Hall–Kier alpha value is -3.63. The van der Waals surface area contributed by atoms with E-state index in [-0.39, 0.29) is 12.5 Å². The van der Waals surface area contributed by atoms with E-state index in [4.69, 9.17) is 16.3 Å². The van der Waals surface area contributed by atoms with Crippen LogP contribution in [0, 0.1) is 0 Å². The van der Waals surface area contributed by atoms with E-state index >= 15 is 0 Å². The molecule has 1 aliphatic rings. The Morgan fingerprint density at radius 3 is 2.45 bits per heavy atom. The van der Waals surface area contributed by atoms with Crippen LogP contribution in [0.15, 0.2) is 90.5 Å². The summed E-state index contributed by atoms with van der Waals surface area (Å²) in [5.41, 5.74) is 4.06. The van der Waals surface area contributed by atoms with E-state index in [2.05, 4.69) is 0 Å². The largest absolute Gasteiger partial charge is 0.462 e. The number of amides is 1. The summed E-state index contributed by atoms with van der Waals surface area (Å²) < 4.78 is 5.11. The van der Waals surface area contributed by atoms with Gasteiger partial charge in [-0.2, -0.15) is 0 Å². The second-order valence-corrected chi connectivity index (χ2v) is 7.39. The standard InChI is InChI=1S/C26H20ClNO3/c1-2-31-26(30)20-9-6-10-23(16-20)28-24(19-7-4-3-5-8-19)17-21(25(28)29)15-18-11-13-22(27)14-12-18/h3-17H,2H2,1H3/b21-15+. The number of hydrogen-bond donors (Lipinski definition) is 0. The third kappa shape index (κ3) is 4.44. The van der Waals surface area contributed by atoms with Crippen LogP contribution in [0.2, 0.25) is 5.02 Å². The van der Waals surface area contributed by atoms with Crippen molar-refractivity contribution < 1.29 is 14.3 Å². The van der Waals surface area contributed by atoms with Crippen LogP contribution in [-0.2, 0) is 9.53 Å². The van der Waals surface area contributed by atoms with Crippen molar-refractivity contribution in [2.24, 2.45) is 0 Å². The highest BCUT2D eigenvalue weighted by molar-refractivity contribution is 6.30. The molecule has 0 aromatic heterocycles. The van der Waals surface area contributed by atoms with Crippen LogP contribution in [-0.4, -0.2) is 18.5 Å². The number of ether oxygens (including phenoxy) is 1. The van der Waals surface area contributed by atoms with Crippen molar-refractivity contribution in [1.82, 2.24) is 0 Å². The Morgan fingerprint density at radius 2 is 1.74 bits per heavy atom. The zero-order valence-corrected chi connectivity index (χ0v) is 17.7. The lowest BCUT2D eigenvalue weighted by Gasteiger charge is -2.21. The van der Waals surface area contributed by atoms with Crippen LogP contribution in [0.3, 0.4) is 0 Å². The predicted molar refractivity (Wildman–Crippen MR) is 124 cm³/mol. The molecular weight excluding hydrogens is 410 g/mol. The number of rotatable bonds is 5. The van der Waals surface area contributed by atoms with Crippen LogP contribution in [0.5, 0.6) is 0 Å². The lowest BCUT2D eigenvalue weighted by molar-refractivity contribution is -0.113. The number of esters is 1. The van der Waals surface area contributed by atoms with Crippen molar-refractivity contribution in [3.63, 3.8) is 0 Å². The zero-order valence-electron chi connectivity index (χ0n) is 16.9. The maximum Gasteiger partial charge on any atom is 0.338 e. The minimum atomic E-state index is -0.418. The molecule has 3 aromatic carbocycles. The third-order valence-electron chi connectivity index (χ3n) is 4.86. The molecule has 0 atom stereocenters. The van der Waals surface area contributed by atoms with E-state index in [1.165, 1.54) is 0 Å². The van der Waals surface area contributed by atoms with Crippen LogP contribution >= 0.6 is 11.6 Å². The monoisotopic (exact) mass is 429 g/mol. The van der Waals surface area contributed by atoms with Gasteiger partial charge < -0.3 is 4.74 Å². The summed E-state index contributed by atoms with van der Waals surface area (Å²) in [6.07, 6.45) is 3.69. The van der Waals surface area contributed by atoms with Gasteiger partial charge in [-0.25, -0.2) is 4.79 Å². The predicted octanol–water partition coefficient (Wildman–Crippen LogP) is 5.99. The second-order valence-electron chi connectivity index (χ2n) is 6.96. The fourth-order valence-corrected chi connectivity index (χ4v) is 3.54. The molecule has 0 aliphatic carbocycles. The maximum atomic E-state index is 13.4. The first-order valence-electron chi connectivity index (χ1n) is 9.93. The molecule has 4 nitrogen and oxygen atoms in total. The number of anilines is 1. The maximum absolute atomic E-state index is 13.4. The molecule has 3 aromatic rings. The van der Waals surface area contributed by atoms with E-state index in [1.807, 2.05) is 60.7 Å². The third-order valence-corrected chi connectivity index (χ3v) is 5.11. The second kappa shape index (κ2) is 9.02. The number of carbonyl (C=O) groups excluding carboxylic acids is 2. The van der Waals surface area contributed by atoms with E-state index in [0.717, 1.165) is 16.8 Å². The van der Waals surface area contributed by atoms with Crippen molar-refractivity contribution in [1.29, 1.82) is 0 Å². The fraction of sp³-hybridized carbons (Fsp3) is 0.0769. The molecule has 4 rings (SSSR count). The normalized spacial score (nSPS) is 14.6. The zero-order chi connectivity index (χ0) is 21.8. The molecule has 154 valence electrons. The number of halogens is 1. The highest BCUT2D eigenvalue weighted by atomic mass is 35.5. The molecule has 1 heterocycles. The van der Waals surface area contributed by atoms with Crippen LogP contribution in [0.25, 0.3) is 11.8 Å². The molecule has 0 radical (unpaired) electrons. The Bertz CT molecular complexity index is 1180. The van der Waals surface area contributed by atoms with Crippen molar-refractivity contribution in [3.05, 3.63) is 112 Å². The Labute approximate surface area is 186 Å². The molecule has 1 aliphatic heterocycles. The van der Waals surface area contributed by atoms with E-state index < -0.39 is 5.97 Å². The van der Waals surface area contributed by atoms with Crippen molar-refractivity contribution in [2.75, 3.05) is 11.5 Å². The first kappa shape index (κ1) is 20.6. The summed E-state index contributed by atoms with van der Waals surface area (Å²) in [7, 11) is 0. The Morgan fingerprint density at radius 1 is 1.00 bits per heavy atom. The van der Waals surface area contributed by atoms with Gasteiger partial charge in [0.15, 0.2) is 0 Å². The molecule has 5 heteroatoms. The van der Waals surface area contributed by atoms with Crippen molar-refractivity contribution >= 4 is 40.9 Å². The van der Waals surface area contributed by atoms with Crippen LogP contribution in [0.4, 0.5) is 5.69 Å². The van der Waals surface area contributed by atoms with Gasteiger partial charge in [-0.05, 0) is 60.5 Å². The molecule has 0 unspecified atom stereocenters. The Kier molecular flexibility index (Phi) is 6.01. The molecule has 0 fully saturated rings. The summed E-state index contributed by atoms with van der Waals surface area (Å²) in [5, 5.41) is 0.637. The summed E-state index contributed by atoms with van der Waals surface area (Å²) >= 11 is 5.98. The summed E-state index contributed by atoms with van der Waals surface area (Å²) in [5.74, 6) is -0.590. The van der Waals surface area contributed by atoms with Crippen molar-refractivity contribution in [3.8, 4) is 0 Å². The van der Waals surface area contributed by atoms with E-state index in [9.17, 15) is 9.59 Å². The lowest BCUT2D eigenvalue weighted by Crippen LogP contribution is -2.25. The van der Waals surface area contributed by atoms with E-state index in [0.29, 0.717) is 21.8 Å². The minimum absolute atomic E-state index is 0.171. The van der Waals surface area contributed by atoms with Gasteiger partial charge in [0.25, 0.3) is 5.91 Å². The van der Waals surface area contributed by atoms with Gasteiger partial charge >= 0.3 is 5.97 Å². The number of carbonyl (C=O) groups is 2. The first-order valence-corrected chi connectivity index (χ1v) is 10.3. The van der Waals surface area contributed by atoms with Gasteiger partial charge in [0.2, 0.25) is 0 Å². The molecule has 0 saturated heterocycles. The highest BCUT2D eigenvalue weighted by Gasteiger charge is 2.30. The van der Waals surface area contributed by atoms with Gasteiger partial charge in [-0.1, -0.05) is 60.1 Å². The number of hydrogen-bond acceptors (Lipinski definition) is 3. The molecule has 0 bridgehead atoms. The SMILES string of the molecule is CCOC(=O)c1cccc(N2C(=O)/C(=C/c3ccc(Cl)cc3)C=C2c2ccccc2)c1. The number of benzene rings is 3. The average Bonchev–Trinajstić information content (AvgIpc) is 3.12. The summed E-state index contributed by atoms with van der Waals surface area (Å²) in [6.45, 7) is 2.05. The smallest absolute Gasteiger partial charge is 0.338 e. The topological polar surface area (TPSA) is 46.6 Å². The van der Waals surface area contributed by atoms with Crippen LogP contribution in [0.1, 0.15) is 28.4 Å². The van der Waals surface area contributed by atoms with Crippen molar-refractivity contribution in [2.45, 2.75) is 6.92 Å². The Balaban J connectivity index is 1.78. The minimum Gasteiger partial charge on any atom is -0.462 e. The molecule has 0 N–H and O–H groups in total. The molecule has 1 amide bonds. The van der Waals surface area contributed by atoms with Gasteiger partial charge in [-0.15, -0.1) is 0 Å². The number of nitrogens with zero attached hydrogens (tertiary/aromatic N) is 1. The fourth-order valence-electron chi connectivity index (χ4n) is 3.42. The molecule has 0 saturated carbocycles. The van der Waals surface area contributed by atoms with Gasteiger partial charge in [0, 0.05) is 10.6 Å². The van der Waals surface area contributed by atoms with Gasteiger partial charge in [-0.3, -0.25) is 9.69 Å². The van der Waals surface area contributed by atoms with Gasteiger partial charge in [0.05, 0.1) is 23.6 Å². The molecule has 0 spiro atoms. The highest BCUT2D eigenvalue weighted by Crippen LogP contribution is 2.35. The van der Waals surface area contributed by atoms with E-state index in [1.54, 1.807) is 42.2 Å². The molecule has 31 heavy (non-hydrogen) atoms. The average molecular weight is 430 g/mol.